The van der Waals surface area contributed by atoms with Crippen LogP contribution in [0.4, 0.5) is 0 Å². The van der Waals surface area contributed by atoms with Gasteiger partial charge in [0.2, 0.25) is 0 Å². The summed E-state index contributed by atoms with van der Waals surface area (Å²) >= 11 is 0. The van der Waals surface area contributed by atoms with Gasteiger partial charge in [-0.3, -0.25) is 4.79 Å². The van der Waals surface area contributed by atoms with Crippen molar-refractivity contribution in [2.24, 2.45) is 5.73 Å². The average Bonchev–Trinajstić information content (AvgIpc) is 3.18. The maximum atomic E-state index is 12.1. The zero-order valence-corrected chi connectivity index (χ0v) is 18.8. The smallest absolute Gasteiger partial charge is 0.250 e. The number of primary amides is 1. The third-order valence-corrected chi connectivity index (χ3v) is 5.29. The molecule has 3 rings (SSSR count). The van der Waals surface area contributed by atoms with E-state index in [4.69, 9.17) is 20.3 Å². The van der Waals surface area contributed by atoms with Crippen molar-refractivity contribution in [3.8, 4) is 11.5 Å². The van der Waals surface area contributed by atoms with Crippen LogP contribution in [0.25, 0.3) is 10.9 Å². The molecule has 3 aromatic rings. The van der Waals surface area contributed by atoms with Crippen LogP contribution >= 0.6 is 0 Å². The number of ether oxygens (including phenoxy) is 2. The Morgan fingerprint density at radius 1 is 1.19 bits per heavy atom. The summed E-state index contributed by atoms with van der Waals surface area (Å²) in [5.74, 6) is 1.05. The third-order valence-electron chi connectivity index (χ3n) is 5.29. The lowest BCUT2D eigenvalue weighted by Gasteiger charge is -2.16. The largest absolute Gasteiger partial charge is 0.490 e. The molecule has 0 bridgehead atoms. The summed E-state index contributed by atoms with van der Waals surface area (Å²) < 4.78 is 13.4. The summed E-state index contributed by atoms with van der Waals surface area (Å²) in [6.07, 6.45) is 3.32. The minimum Gasteiger partial charge on any atom is -0.490 e. The van der Waals surface area contributed by atoms with Crippen molar-refractivity contribution in [3.63, 3.8) is 0 Å². The summed E-state index contributed by atoms with van der Waals surface area (Å²) in [5, 5.41) is 13.6. The topological polar surface area (TPSA) is 98.7 Å². The number of benzene rings is 2. The minimum absolute atomic E-state index is 0.105. The normalized spacial score (nSPS) is 12.1. The molecule has 1 heterocycles. The van der Waals surface area contributed by atoms with E-state index in [0.717, 1.165) is 34.4 Å². The lowest BCUT2D eigenvalue weighted by Crippen LogP contribution is -2.32. The van der Waals surface area contributed by atoms with Crippen LogP contribution in [0.2, 0.25) is 0 Å². The molecule has 1 amide bonds. The number of rotatable bonds is 13. The number of para-hydroxylation sites is 2. The first kappa shape index (κ1) is 23.6. The van der Waals surface area contributed by atoms with Crippen molar-refractivity contribution < 1.29 is 19.4 Å². The average molecular weight is 440 g/mol. The van der Waals surface area contributed by atoms with Crippen LogP contribution in [0.3, 0.4) is 0 Å². The molecule has 1 aromatic heterocycles. The molecule has 1 atom stereocenters. The van der Waals surface area contributed by atoms with Gasteiger partial charge in [-0.05, 0) is 62.6 Å². The molecule has 0 saturated heterocycles. The number of nitrogens with one attached hydrogen (secondary N) is 1. The molecule has 0 unspecified atom stereocenters. The van der Waals surface area contributed by atoms with Gasteiger partial charge in [-0.1, -0.05) is 12.1 Å². The minimum atomic E-state index is -0.442. The number of aliphatic hydroxyl groups is 1. The molecular weight excluding hydrogens is 406 g/mol. The lowest BCUT2D eigenvalue weighted by atomic mass is 10.0. The molecule has 32 heavy (non-hydrogen) atoms. The molecule has 2 aromatic carbocycles. The Hall–Kier alpha value is -3.03. The van der Waals surface area contributed by atoms with Gasteiger partial charge in [0.15, 0.2) is 11.5 Å². The molecule has 0 fully saturated rings. The number of fused-ring (bicyclic) bond motifs is 1. The molecule has 0 spiro atoms. The Morgan fingerprint density at radius 3 is 2.62 bits per heavy atom. The zero-order chi connectivity index (χ0) is 22.9. The van der Waals surface area contributed by atoms with Crippen LogP contribution in [0.1, 0.15) is 36.2 Å². The predicted molar refractivity (Wildman–Crippen MR) is 126 cm³/mol. The van der Waals surface area contributed by atoms with Crippen LogP contribution in [0.5, 0.6) is 11.5 Å². The Bertz CT molecular complexity index is 1030. The highest BCUT2D eigenvalue weighted by Crippen LogP contribution is 2.26. The molecule has 7 nitrogen and oxygen atoms in total. The molecule has 0 saturated carbocycles. The summed E-state index contributed by atoms with van der Waals surface area (Å²) in [6.45, 7) is 6.60. The van der Waals surface area contributed by atoms with Crippen molar-refractivity contribution in [1.29, 1.82) is 0 Å². The molecular formula is C25H33N3O4. The van der Waals surface area contributed by atoms with Gasteiger partial charge in [-0.15, -0.1) is 0 Å². The maximum Gasteiger partial charge on any atom is 0.250 e. The SMILES string of the molecule is CCOc1ccccc1OCCN[C@H](C)Cc1cc(C(N)=O)c2c(ccn2CCCO)c1. The van der Waals surface area contributed by atoms with Crippen LogP contribution in [-0.4, -0.2) is 48.0 Å². The first-order valence-electron chi connectivity index (χ1n) is 11.1. The second kappa shape index (κ2) is 11.5. The van der Waals surface area contributed by atoms with E-state index >= 15 is 0 Å². The third kappa shape index (κ3) is 6.02. The van der Waals surface area contributed by atoms with Gasteiger partial charge in [0.1, 0.15) is 6.61 Å². The van der Waals surface area contributed by atoms with E-state index in [1.807, 2.05) is 54.1 Å². The van der Waals surface area contributed by atoms with Gasteiger partial charge in [0.25, 0.3) is 5.91 Å². The van der Waals surface area contributed by atoms with E-state index < -0.39 is 5.91 Å². The van der Waals surface area contributed by atoms with Crippen molar-refractivity contribution in [3.05, 3.63) is 59.8 Å². The van der Waals surface area contributed by atoms with Gasteiger partial charge in [-0.2, -0.15) is 0 Å². The standard InChI is InChI=1S/C25H33N3O4/c1-3-31-22-7-4-5-8-23(22)32-14-10-27-18(2)15-19-16-20-9-12-28(11-6-13-29)24(20)21(17-19)25(26)30/h4-5,7-9,12,16-18,27,29H,3,6,10-11,13-15H2,1-2H3,(H2,26,30)/t18-/m1/s1. The van der Waals surface area contributed by atoms with Crippen LogP contribution < -0.4 is 20.5 Å². The van der Waals surface area contributed by atoms with E-state index in [1.54, 1.807) is 0 Å². The summed E-state index contributed by atoms with van der Waals surface area (Å²) in [7, 11) is 0. The Balaban J connectivity index is 1.59. The van der Waals surface area contributed by atoms with Crippen molar-refractivity contribution in [2.75, 3.05) is 26.4 Å². The highest BCUT2D eigenvalue weighted by Gasteiger charge is 2.14. The van der Waals surface area contributed by atoms with E-state index in [-0.39, 0.29) is 12.6 Å². The number of aliphatic hydroxyl groups excluding tert-OH is 1. The highest BCUT2D eigenvalue weighted by molar-refractivity contribution is 6.05. The number of carbonyl (C=O) groups is 1. The lowest BCUT2D eigenvalue weighted by molar-refractivity contribution is 0.100. The van der Waals surface area contributed by atoms with Crippen LogP contribution in [0.15, 0.2) is 48.7 Å². The Labute approximate surface area is 189 Å². The summed E-state index contributed by atoms with van der Waals surface area (Å²) in [5.41, 5.74) is 8.08. The summed E-state index contributed by atoms with van der Waals surface area (Å²) in [6, 6.07) is 13.8. The second-order valence-electron chi connectivity index (χ2n) is 7.82. The fourth-order valence-electron chi connectivity index (χ4n) is 3.88. The first-order valence-corrected chi connectivity index (χ1v) is 11.1. The molecule has 172 valence electrons. The van der Waals surface area contributed by atoms with Crippen LogP contribution in [-0.2, 0) is 13.0 Å². The number of aromatic nitrogens is 1. The number of aryl methyl sites for hydroxylation is 1. The van der Waals surface area contributed by atoms with E-state index in [9.17, 15) is 4.79 Å². The fraction of sp³-hybridized carbons (Fsp3) is 0.400. The van der Waals surface area contributed by atoms with Gasteiger partial charge in [0.05, 0.1) is 17.7 Å². The monoisotopic (exact) mass is 439 g/mol. The van der Waals surface area contributed by atoms with E-state index in [0.29, 0.717) is 38.3 Å². The van der Waals surface area contributed by atoms with E-state index in [1.165, 1.54) is 0 Å². The van der Waals surface area contributed by atoms with Crippen LogP contribution in [0, 0.1) is 0 Å². The molecule has 7 heteroatoms. The number of nitrogens with zero attached hydrogens (tertiary/aromatic N) is 1. The molecule has 0 aliphatic carbocycles. The Kier molecular flexibility index (Phi) is 8.53. The fourth-order valence-corrected chi connectivity index (χ4v) is 3.88. The number of hydrogen-bond acceptors (Lipinski definition) is 5. The van der Waals surface area contributed by atoms with E-state index in [2.05, 4.69) is 18.3 Å². The number of carbonyl (C=O) groups excluding carboxylic acids is 1. The highest BCUT2D eigenvalue weighted by atomic mass is 16.5. The van der Waals surface area contributed by atoms with Crippen molar-refractivity contribution in [2.45, 2.75) is 39.3 Å². The number of nitrogens with two attached hydrogens (primary N) is 1. The van der Waals surface area contributed by atoms with Gasteiger partial charge < -0.3 is 30.2 Å². The number of amides is 1. The zero-order valence-electron chi connectivity index (χ0n) is 18.8. The molecule has 0 aliphatic heterocycles. The predicted octanol–water partition coefficient (Wildman–Crippen LogP) is 3.12. The van der Waals surface area contributed by atoms with Gasteiger partial charge >= 0.3 is 0 Å². The first-order chi connectivity index (χ1) is 15.5. The molecule has 0 aliphatic rings. The van der Waals surface area contributed by atoms with Gasteiger partial charge in [-0.25, -0.2) is 0 Å². The van der Waals surface area contributed by atoms with Crippen molar-refractivity contribution >= 4 is 16.8 Å². The quantitative estimate of drug-likeness (QED) is 0.356. The Morgan fingerprint density at radius 2 is 1.94 bits per heavy atom. The number of hydrogen-bond donors (Lipinski definition) is 3. The van der Waals surface area contributed by atoms with Gasteiger partial charge in [0, 0.05) is 37.3 Å². The molecule has 0 radical (unpaired) electrons. The summed E-state index contributed by atoms with van der Waals surface area (Å²) in [4.78, 5) is 12.1. The second-order valence-corrected chi connectivity index (χ2v) is 7.82. The molecule has 4 N–H and O–H groups in total. The van der Waals surface area contributed by atoms with Crippen molar-refractivity contribution in [1.82, 2.24) is 9.88 Å². The maximum absolute atomic E-state index is 12.1.